The van der Waals surface area contributed by atoms with Crippen LogP contribution >= 0.6 is 12.4 Å². The average Bonchev–Trinajstić information content (AvgIpc) is 2.48. The standard InChI is InChI=1S/C12H15NO2.C6H4.ClH/c1-2-6-11(13-9-12(14)15)10-7-4-3-5-8-10;1-2-6-4-3-5(1)6;/h2-5,7-8,11,13H,1,6,9H2,(H,14,15);1-4H;1H. The first-order valence-electron chi connectivity index (χ1n) is 6.92. The molecule has 0 radical (unpaired) electrons. The molecule has 116 valence electrons. The molecule has 0 heterocycles. The molecule has 3 rings (SSSR count). The van der Waals surface area contributed by atoms with Gasteiger partial charge in [0.1, 0.15) is 0 Å². The Morgan fingerprint density at radius 3 is 2.00 bits per heavy atom. The second-order valence-electron chi connectivity index (χ2n) is 4.84. The molecule has 1 aromatic rings. The maximum atomic E-state index is 10.5. The van der Waals surface area contributed by atoms with E-state index in [-0.39, 0.29) is 25.0 Å². The Morgan fingerprint density at radius 1 is 1.09 bits per heavy atom. The van der Waals surface area contributed by atoms with E-state index in [4.69, 9.17) is 5.11 Å². The highest BCUT2D eigenvalue weighted by Crippen LogP contribution is 2.16. The van der Waals surface area contributed by atoms with Crippen LogP contribution in [-0.2, 0) is 4.79 Å². The van der Waals surface area contributed by atoms with Crippen LogP contribution in [0.5, 0.6) is 0 Å². The Bertz CT molecular complexity index is 650. The van der Waals surface area contributed by atoms with Gasteiger partial charge < -0.3 is 5.11 Å². The van der Waals surface area contributed by atoms with Crippen LogP contribution in [0, 0.1) is 10.4 Å². The molecule has 0 aromatic heterocycles. The topological polar surface area (TPSA) is 49.3 Å². The van der Waals surface area contributed by atoms with Crippen LogP contribution in [0.1, 0.15) is 18.0 Å². The predicted molar refractivity (Wildman–Crippen MR) is 91.0 cm³/mol. The van der Waals surface area contributed by atoms with Crippen molar-refractivity contribution in [2.45, 2.75) is 12.5 Å². The predicted octanol–water partition coefficient (Wildman–Crippen LogP) is 3.69. The van der Waals surface area contributed by atoms with Gasteiger partial charge in [0, 0.05) is 6.04 Å². The molecule has 2 aliphatic rings. The van der Waals surface area contributed by atoms with Crippen molar-refractivity contribution in [1.82, 2.24) is 5.32 Å². The quantitative estimate of drug-likeness (QED) is 0.682. The third-order valence-corrected chi connectivity index (χ3v) is 3.32. The Morgan fingerprint density at radius 2 is 1.64 bits per heavy atom. The molecule has 0 saturated heterocycles. The monoisotopic (exact) mass is 317 g/mol. The van der Waals surface area contributed by atoms with Crippen LogP contribution in [0.2, 0.25) is 0 Å². The Balaban J connectivity index is 0.000000284. The second-order valence-corrected chi connectivity index (χ2v) is 4.84. The third-order valence-electron chi connectivity index (χ3n) is 3.32. The fourth-order valence-corrected chi connectivity index (χ4v) is 2.06. The minimum Gasteiger partial charge on any atom is -0.480 e. The first kappa shape index (κ1) is 18.0. The van der Waals surface area contributed by atoms with E-state index in [0.717, 1.165) is 12.0 Å². The van der Waals surface area contributed by atoms with E-state index in [9.17, 15) is 4.79 Å². The molecular formula is C18H20ClNO2. The number of hydrogen-bond acceptors (Lipinski definition) is 2. The fraction of sp³-hybridized carbons (Fsp3) is 0.167. The normalized spacial score (nSPS) is 11.3. The molecule has 1 atom stereocenters. The number of rotatable bonds is 6. The zero-order valence-corrected chi connectivity index (χ0v) is 13.1. The zero-order chi connectivity index (χ0) is 15.1. The number of carboxylic acid groups (broad SMARTS) is 1. The van der Waals surface area contributed by atoms with E-state index in [0.29, 0.717) is 0 Å². The van der Waals surface area contributed by atoms with E-state index in [1.54, 1.807) is 6.08 Å². The van der Waals surface area contributed by atoms with E-state index in [2.05, 4.69) is 36.2 Å². The van der Waals surface area contributed by atoms with E-state index in [1.807, 2.05) is 30.3 Å². The van der Waals surface area contributed by atoms with Gasteiger partial charge in [-0.15, -0.1) is 19.0 Å². The molecule has 0 fully saturated rings. The first-order chi connectivity index (χ1) is 10.2. The third kappa shape index (κ3) is 5.02. The number of hydrogen-bond donors (Lipinski definition) is 2. The largest absolute Gasteiger partial charge is 0.480 e. The number of carbonyl (C=O) groups is 1. The van der Waals surface area contributed by atoms with Gasteiger partial charge in [-0.25, -0.2) is 0 Å². The van der Waals surface area contributed by atoms with Crippen molar-refractivity contribution in [3.8, 4) is 0 Å². The van der Waals surface area contributed by atoms with E-state index in [1.165, 1.54) is 10.4 Å². The summed E-state index contributed by atoms with van der Waals surface area (Å²) < 4.78 is 0. The maximum absolute atomic E-state index is 10.5. The molecule has 0 spiro atoms. The van der Waals surface area contributed by atoms with Gasteiger partial charge >= 0.3 is 5.97 Å². The molecule has 2 N–H and O–H groups in total. The number of aliphatic carboxylic acids is 1. The number of carboxylic acids is 1. The number of halogens is 1. The highest BCUT2D eigenvalue weighted by atomic mass is 35.5. The van der Waals surface area contributed by atoms with Crippen LogP contribution in [0.15, 0.2) is 67.3 Å². The highest BCUT2D eigenvalue weighted by molar-refractivity contribution is 5.85. The van der Waals surface area contributed by atoms with E-state index < -0.39 is 5.97 Å². The van der Waals surface area contributed by atoms with Crippen molar-refractivity contribution < 1.29 is 9.90 Å². The van der Waals surface area contributed by atoms with Crippen molar-refractivity contribution in [3.63, 3.8) is 0 Å². The summed E-state index contributed by atoms with van der Waals surface area (Å²) in [6, 6.07) is 18.3. The molecule has 4 heteroatoms. The van der Waals surface area contributed by atoms with Gasteiger partial charge in [0.05, 0.1) is 6.54 Å². The molecule has 0 saturated carbocycles. The van der Waals surface area contributed by atoms with Gasteiger partial charge in [0.25, 0.3) is 0 Å². The van der Waals surface area contributed by atoms with Crippen molar-refractivity contribution >= 4 is 18.4 Å². The lowest BCUT2D eigenvalue weighted by atomic mass is 10.0. The van der Waals surface area contributed by atoms with Crippen LogP contribution in [0.3, 0.4) is 0 Å². The van der Waals surface area contributed by atoms with Gasteiger partial charge in [-0.2, -0.15) is 0 Å². The van der Waals surface area contributed by atoms with Gasteiger partial charge in [-0.3, -0.25) is 10.1 Å². The Hall–Kier alpha value is -2.10. The lowest BCUT2D eigenvalue weighted by molar-refractivity contribution is -0.136. The smallest absolute Gasteiger partial charge is 0.317 e. The lowest BCUT2D eigenvalue weighted by Gasteiger charge is -2.16. The van der Waals surface area contributed by atoms with Crippen LogP contribution < -0.4 is 5.32 Å². The van der Waals surface area contributed by atoms with Gasteiger partial charge in [-0.05, 0) is 22.4 Å². The Labute approximate surface area is 136 Å². The SMILES string of the molecule is C=CCC(NCC(=O)O)c1ccccc1.Cl.c1cc2ccc1=2. The molecule has 1 aromatic carbocycles. The van der Waals surface area contributed by atoms with Crippen molar-refractivity contribution in [1.29, 1.82) is 0 Å². The zero-order valence-electron chi connectivity index (χ0n) is 12.2. The molecule has 2 aliphatic carbocycles. The molecule has 0 amide bonds. The summed E-state index contributed by atoms with van der Waals surface area (Å²) in [4.78, 5) is 10.5. The summed E-state index contributed by atoms with van der Waals surface area (Å²) in [5.41, 5.74) is 1.08. The van der Waals surface area contributed by atoms with Crippen LogP contribution in [0.25, 0.3) is 0 Å². The summed E-state index contributed by atoms with van der Waals surface area (Å²) in [6.07, 6.45) is 2.50. The van der Waals surface area contributed by atoms with Crippen LogP contribution in [0.4, 0.5) is 0 Å². The minimum absolute atomic E-state index is 0. The van der Waals surface area contributed by atoms with Gasteiger partial charge in [0.2, 0.25) is 0 Å². The summed E-state index contributed by atoms with van der Waals surface area (Å²) in [5, 5.41) is 14.4. The molecule has 22 heavy (non-hydrogen) atoms. The molecule has 0 aliphatic heterocycles. The van der Waals surface area contributed by atoms with Gasteiger partial charge in [-0.1, -0.05) is 60.7 Å². The first-order valence-corrected chi connectivity index (χ1v) is 6.92. The van der Waals surface area contributed by atoms with Crippen molar-refractivity contribution in [3.05, 3.63) is 83.3 Å². The average molecular weight is 318 g/mol. The molecular weight excluding hydrogens is 298 g/mol. The number of benzene rings is 2. The van der Waals surface area contributed by atoms with Crippen molar-refractivity contribution in [2.24, 2.45) is 0 Å². The summed E-state index contributed by atoms with van der Waals surface area (Å²) in [7, 11) is 0. The summed E-state index contributed by atoms with van der Waals surface area (Å²) in [6.45, 7) is 3.63. The molecule has 3 nitrogen and oxygen atoms in total. The van der Waals surface area contributed by atoms with Crippen LogP contribution in [-0.4, -0.2) is 17.6 Å². The maximum Gasteiger partial charge on any atom is 0.317 e. The fourth-order valence-electron chi connectivity index (χ4n) is 2.06. The van der Waals surface area contributed by atoms with E-state index >= 15 is 0 Å². The second kappa shape index (κ2) is 9.03. The molecule has 1 unspecified atom stereocenters. The minimum atomic E-state index is -0.847. The molecule has 0 bridgehead atoms. The summed E-state index contributed by atoms with van der Waals surface area (Å²) >= 11 is 0. The van der Waals surface area contributed by atoms with Crippen molar-refractivity contribution in [2.75, 3.05) is 6.54 Å². The highest BCUT2D eigenvalue weighted by Gasteiger charge is 2.09. The lowest BCUT2D eigenvalue weighted by Crippen LogP contribution is -2.27. The van der Waals surface area contributed by atoms with Gasteiger partial charge in [0.15, 0.2) is 0 Å². The number of nitrogens with one attached hydrogen (secondary N) is 1. The Kier molecular flexibility index (Phi) is 7.37. The summed E-state index contributed by atoms with van der Waals surface area (Å²) in [5.74, 6) is -0.847.